The molecule has 130 valence electrons. The summed E-state index contributed by atoms with van der Waals surface area (Å²) in [7, 11) is 0. The van der Waals surface area contributed by atoms with Crippen LogP contribution in [-0.4, -0.2) is 19.1 Å². The maximum absolute atomic E-state index is 13.4. The number of hydrogen-bond acceptors (Lipinski definition) is 3. The smallest absolute Gasteiger partial charge is 0.227 e. The molecular weight excluding hydrogens is 331 g/mol. The third kappa shape index (κ3) is 6.18. The van der Waals surface area contributed by atoms with E-state index in [1.54, 1.807) is 18.2 Å². The predicted octanol–water partition coefficient (Wildman–Crippen LogP) is 3.76. The molecule has 0 unspecified atom stereocenters. The number of rotatable bonds is 8. The van der Waals surface area contributed by atoms with Gasteiger partial charge in [0.15, 0.2) is 11.6 Å². The maximum atomic E-state index is 13.4. The van der Waals surface area contributed by atoms with Crippen molar-refractivity contribution in [1.82, 2.24) is 5.32 Å². The third-order valence-electron chi connectivity index (χ3n) is 3.28. The van der Waals surface area contributed by atoms with Gasteiger partial charge in [0.1, 0.15) is 0 Å². The Morgan fingerprint density at radius 1 is 1.12 bits per heavy atom. The highest BCUT2D eigenvalue weighted by atomic mass is 35.5. The molecule has 6 heteroatoms. The third-order valence-corrected chi connectivity index (χ3v) is 3.28. The normalized spacial score (nSPS) is 9.92. The Morgan fingerprint density at radius 3 is 2.58 bits per heavy atom. The zero-order valence-electron chi connectivity index (χ0n) is 13.5. The van der Waals surface area contributed by atoms with Crippen LogP contribution < -0.4 is 15.4 Å². The molecule has 2 N–H and O–H groups in total. The highest BCUT2D eigenvalue weighted by Gasteiger charge is 2.08. The van der Waals surface area contributed by atoms with Gasteiger partial charge in [0.05, 0.1) is 13.0 Å². The van der Waals surface area contributed by atoms with Gasteiger partial charge in [0.25, 0.3) is 0 Å². The van der Waals surface area contributed by atoms with E-state index in [1.807, 2.05) is 31.2 Å². The van der Waals surface area contributed by atoms with Crippen LogP contribution in [0.25, 0.3) is 0 Å². The van der Waals surface area contributed by atoms with E-state index >= 15 is 0 Å². The van der Waals surface area contributed by atoms with E-state index in [1.165, 1.54) is 6.07 Å². The number of carbonyl (C=O) groups is 1. The summed E-state index contributed by atoms with van der Waals surface area (Å²) in [6.45, 7) is 3.71. The zero-order chi connectivity index (χ0) is 16.5. The molecule has 0 aliphatic rings. The molecule has 0 radical (unpaired) electrons. The summed E-state index contributed by atoms with van der Waals surface area (Å²) in [6, 6.07) is 13.8. The first-order chi connectivity index (χ1) is 11.2. The second-order valence-electron chi connectivity index (χ2n) is 5.01. The fourth-order valence-electron chi connectivity index (χ4n) is 2.08. The van der Waals surface area contributed by atoms with E-state index in [0.29, 0.717) is 6.54 Å². The van der Waals surface area contributed by atoms with Crippen molar-refractivity contribution in [3.8, 4) is 5.75 Å². The molecule has 0 heterocycles. The molecule has 24 heavy (non-hydrogen) atoms. The average molecular weight is 353 g/mol. The molecule has 2 aromatic carbocycles. The minimum Gasteiger partial charge on any atom is -0.490 e. The molecule has 0 fully saturated rings. The molecule has 0 spiro atoms. The molecule has 2 aromatic rings. The van der Waals surface area contributed by atoms with Gasteiger partial charge in [-0.1, -0.05) is 37.3 Å². The topological polar surface area (TPSA) is 50.4 Å². The Hall–Kier alpha value is -2.11. The van der Waals surface area contributed by atoms with Crippen LogP contribution in [0, 0.1) is 5.82 Å². The largest absolute Gasteiger partial charge is 0.490 e. The van der Waals surface area contributed by atoms with Crippen molar-refractivity contribution >= 4 is 24.0 Å². The Bertz CT molecular complexity index is 652. The number of benzene rings is 2. The zero-order valence-corrected chi connectivity index (χ0v) is 14.4. The molecule has 0 aromatic heterocycles. The van der Waals surface area contributed by atoms with Gasteiger partial charge in [-0.25, -0.2) is 4.39 Å². The minimum atomic E-state index is -0.427. The standard InChI is InChI=1S/C18H21FN2O2.ClH/c1-2-20-13-14-7-3-5-9-16(14)21-18(22)11-12-23-17-10-6-4-8-15(17)19;/h3-10,20H,2,11-13H2,1H3,(H,21,22);1H. The van der Waals surface area contributed by atoms with Gasteiger partial charge >= 0.3 is 0 Å². The molecule has 0 saturated carbocycles. The summed E-state index contributed by atoms with van der Waals surface area (Å²) in [5.41, 5.74) is 1.81. The molecule has 0 bridgehead atoms. The van der Waals surface area contributed by atoms with E-state index in [0.717, 1.165) is 17.8 Å². The van der Waals surface area contributed by atoms with Gasteiger partial charge in [-0.3, -0.25) is 4.79 Å². The van der Waals surface area contributed by atoms with Crippen LogP contribution in [0.3, 0.4) is 0 Å². The first-order valence-electron chi connectivity index (χ1n) is 7.66. The Labute approximate surface area is 147 Å². The van der Waals surface area contributed by atoms with E-state index in [4.69, 9.17) is 4.74 Å². The number of ether oxygens (including phenoxy) is 1. The van der Waals surface area contributed by atoms with Gasteiger partial charge in [-0.05, 0) is 30.3 Å². The molecule has 0 aliphatic carbocycles. The number of nitrogens with one attached hydrogen (secondary N) is 2. The molecular formula is C18H22ClFN2O2. The first kappa shape index (κ1) is 19.9. The van der Waals surface area contributed by atoms with Crippen LogP contribution in [0.2, 0.25) is 0 Å². The van der Waals surface area contributed by atoms with Crippen molar-refractivity contribution in [3.05, 3.63) is 59.9 Å². The van der Waals surface area contributed by atoms with Gasteiger partial charge in [0.2, 0.25) is 5.91 Å². The molecule has 2 rings (SSSR count). The van der Waals surface area contributed by atoms with Gasteiger partial charge in [-0.15, -0.1) is 12.4 Å². The SMILES string of the molecule is CCNCc1ccccc1NC(=O)CCOc1ccccc1F.Cl. The van der Waals surface area contributed by atoms with Crippen molar-refractivity contribution in [2.75, 3.05) is 18.5 Å². The molecule has 1 amide bonds. The summed E-state index contributed by atoms with van der Waals surface area (Å²) in [5, 5.41) is 6.10. The van der Waals surface area contributed by atoms with E-state index < -0.39 is 5.82 Å². The summed E-state index contributed by atoms with van der Waals surface area (Å²) in [4.78, 5) is 12.0. The van der Waals surface area contributed by atoms with Crippen molar-refractivity contribution in [2.45, 2.75) is 19.9 Å². The Kier molecular flexibility index (Phi) is 8.83. The molecule has 0 aliphatic heterocycles. The highest BCUT2D eigenvalue weighted by molar-refractivity contribution is 5.91. The number of para-hydroxylation sites is 2. The quantitative estimate of drug-likeness (QED) is 0.760. The lowest BCUT2D eigenvalue weighted by Gasteiger charge is -2.12. The number of anilines is 1. The van der Waals surface area contributed by atoms with Crippen LogP contribution in [0.1, 0.15) is 18.9 Å². The summed E-state index contributed by atoms with van der Waals surface area (Å²) in [6.07, 6.45) is 0.157. The Balaban J connectivity index is 0.00000288. The fourth-order valence-corrected chi connectivity index (χ4v) is 2.08. The number of amides is 1. The van der Waals surface area contributed by atoms with Crippen LogP contribution in [0.5, 0.6) is 5.75 Å². The maximum Gasteiger partial charge on any atom is 0.227 e. The van der Waals surface area contributed by atoms with Gasteiger partial charge in [-0.2, -0.15) is 0 Å². The second kappa shape index (κ2) is 10.6. The van der Waals surface area contributed by atoms with Crippen LogP contribution in [-0.2, 0) is 11.3 Å². The average Bonchev–Trinajstić information content (AvgIpc) is 2.56. The first-order valence-corrected chi connectivity index (χ1v) is 7.66. The van der Waals surface area contributed by atoms with Gasteiger partial charge < -0.3 is 15.4 Å². The van der Waals surface area contributed by atoms with E-state index in [9.17, 15) is 9.18 Å². The van der Waals surface area contributed by atoms with E-state index in [2.05, 4.69) is 10.6 Å². The van der Waals surface area contributed by atoms with Gasteiger partial charge in [0, 0.05) is 12.2 Å². The predicted molar refractivity (Wildman–Crippen MR) is 96.2 cm³/mol. The lowest BCUT2D eigenvalue weighted by Crippen LogP contribution is -2.18. The number of carbonyl (C=O) groups excluding carboxylic acids is 1. The molecule has 0 saturated heterocycles. The number of halogens is 2. The van der Waals surface area contributed by atoms with Crippen LogP contribution in [0.4, 0.5) is 10.1 Å². The van der Waals surface area contributed by atoms with Crippen molar-refractivity contribution in [2.24, 2.45) is 0 Å². The summed E-state index contributed by atoms with van der Waals surface area (Å²) in [5.74, 6) is -0.429. The second-order valence-corrected chi connectivity index (χ2v) is 5.01. The molecule has 0 atom stereocenters. The van der Waals surface area contributed by atoms with Crippen molar-refractivity contribution < 1.29 is 13.9 Å². The minimum absolute atomic E-state index is 0. The number of hydrogen-bond donors (Lipinski definition) is 2. The monoisotopic (exact) mass is 352 g/mol. The molecule has 4 nitrogen and oxygen atoms in total. The lowest BCUT2D eigenvalue weighted by molar-refractivity contribution is -0.116. The van der Waals surface area contributed by atoms with Crippen molar-refractivity contribution in [1.29, 1.82) is 0 Å². The Morgan fingerprint density at radius 2 is 1.83 bits per heavy atom. The lowest BCUT2D eigenvalue weighted by atomic mass is 10.1. The summed E-state index contributed by atoms with van der Waals surface area (Å²) >= 11 is 0. The summed E-state index contributed by atoms with van der Waals surface area (Å²) < 4.78 is 18.7. The van der Waals surface area contributed by atoms with Crippen molar-refractivity contribution in [3.63, 3.8) is 0 Å². The van der Waals surface area contributed by atoms with Crippen LogP contribution in [0.15, 0.2) is 48.5 Å². The van der Waals surface area contributed by atoms with E-state index in [-0.39, 0.29) is 37.1 Å². The van der Waals surface area contributed by atoms with Crippen LogP contribution >= 0.6 is 12.4 Å². The fraction of sp³-hybridized carbons (Fsp3) is 0.278. The highest BCUT2D eigenvalue weighted by Crippen LogP contribution is 2.17.